The van der Waals surface area contributed by atoms with Crippen LogP contribution in [-0.4, -0.2) is 27.2 Å². The second-order valence-corrected chi connectivity index (χ2v) is 6.14. The number of aromatic nitrogens is 2. The monoisotopic (exact) mass is 331 g/mol. The topological polar surface area (TPSA) is 46.1 Å². The van der Waals surface area contributed by atoms with Gasteiger partial charge in [-0.25, -0.2) is 9.97 Å². The SMILES string of the molecule is Cc1nccc(-c2cccc(N3CC(Br)CC3=O)c2)n1. The Balaban J connectivity index is 1.96. The van der Waals surface area contributed by atoms with Crippen molar-refractivity contribution in [3.05, 3.63) is 42.4 Å². The summed E-state index contributed by atoms with van der Waals surface area (Å²) in [6.45, 7) is 2.58. The van der Waals surface area contributed by atoms with Crippen LogP contribution in [0, 0.1) is 6.92 Å². The molecule has 1 amide bonds. The highest BCUT2D eigenvalue weighted by molar-refractivity contribution is 9.09. The smallest absolute Gasteiger partial charge is 0.228 e. The highest BCUT2D eigenvalue weighted by atomic mass is 79.9. The van der Waals surface area contributed by atoms with Gasteiger partial charge >= 0.3 is 0 Å². The maximum atomic E-state index is 12.0. The molecule has 2 heterocycles. The molecular weight excluding hydrogens is 318 g/mol. The van der Waals surface area contributed by atoms with Crippen molar-refractivity contribution in [3.8, 4) is 11.3 Å². The van der Waals surface area contributed by atoms with Crippen molar-refractivity contribution in [2.24, 2.45) is 0 Å². The number of carbonyl (C=O) groups excluding carboxylic acids is 1. The van der Waals surface area contributed by atoms with Gasteiger partial charge in [-0.2, -0.15) is 0 Å². The Morgan fingerprint density at radius 2 is 2.20 bits per heavy atom. The zero-order valence-corrected chi connectivity index (χ0v) is 12.7. The van der Waals surface area contributed by atoms with Crippen LogP contribution in [0.25, 0.3) is 11.3 Å². The Morgan fingerprint density at radius 1 is 1.35 bits per heavy atom. The predicted octanol–water partition coefficient (Wildman–Crippen LogP) is 2.95. The van der Waals surface area contributed by atoms with Crippen molar-refractivity contribution in [3.63, 3.8) is 0 Å². The van der Waals surface area contributed by atoms with Gasteiger partial charge in [-0.3, -0.25) is 4.79 Å². The Labute approximate surface area is 126 Å². The van der Waals surface area contributed by atoms with E-state index >= 15 is 0 Å². The van der Waals surface area contributed by atoms with E-state index in [0.717, 1.165) is 22.8 Å². The van der Waals surface area contributed by atoms with E-state index < -0.39 is 0 Å². The summed E-state index contributed by atoms with van der Waals surface area (Å²) in [5, 5.41) is 0. The van der Waals surface area contributed by atoms with E-state index in [0.29, 0.717) is 13.0 Å². The summed E-state index contributed by atoms with van der Waals surface area (Å²) in [6, 6.07) is 9.80. The number of anilines is 1. The van der Waals surface area contributed by atoms with E-state index in [4.69, 9.17) is 0 Å². The predicted molar refractivity (Wildman–Crippen MR) is 81.9 cm³/mol. The van der Waals surface area contributed by atoms with Crippen LogP contribution in [0.15, 0.2) is 36.5 Å². The van der Waals surface area contributed by atoms with Crippen molar-refractivity contribution in [1.29, 1.82) is 0 Å². The number of hydrogen-bond acceptors (Lipinski definition) is 3. The Kier molecular flexibility index (Phi) is 3.53. The van der Waals surface area contributed by atoms with Gasteiger partial charge in [-0.05, 0) is 25.1 Å². The van der Waals surface area contributed by atoms with Crippen LogP contribution in [-0.2, 0) is 4.79 Å². The number of alkyl halides is 1. The summed E-state index contributed by atoms with van der Waals surface area (Å²) in [4.78, 5) is 22.5. The first kappa shape index (κ1) is 13.2. The molecular formula is C15H14BrN3O. The fraction of sp³-hybridized carbons (Fsp3) is 0.267. The fourth-order valence-corrected chi connectivity index (χ4v) is 2.93. The lowest BCUT2D eigenvalue weighted by atomic mass is 10.1. The summed E-state index contributed by atoms with van der Waals surface area (Å²) in [5.74, 6) is 0.897. The number of amides is 1. The van der Waals surface area contributed by atoms with E-state index in [1.807, 2.05) is 42.2 Å². The largest absolute Gasteiger partial charge is 0.311 e. The number of benzene rings is 1. The van der Waals surface area contributed by atoms with Crippen LogP contribution in [0.2, 0.25) is 0 Å². The lowest BCUT2D eigenvalue weighted by molar-refractivity contribution is -0.117. The van der Waals surface area contributed by atoms with Crippen molar-refractivity contribution in [2.75, 3.05) is 11.4 Å². The van der Waals surface area contributed by atoms with E-state index in [1.54, 1.807) is 6.20 Å². The quantitative estimate of drug-likeness (QED) is 0.795. The summed E-state index contributed by atoms with van der Waals surface area (Å²) < 4.78 is 0. The third-order valence-electron chi connectivity index (χ3n) is 3.31. The van der Waals surface area contributed by atoms with Gasteiger partial charge in [0.15, 0.2) is 0 Å². The molecule has 5 heteroatoms. The minimum atomic E-state index is 0.155. The molecule has 1 aliphatic rings. The molecule has 4 nitrogen and oxygen atoms in total. The van der Waals surface area contributed by atoms with Crippen molar-refractivity contribution < 1.29 is 4.79 Å². The van der Waals surface area contributed by atoms with Gasteiger partial charge in [0.25, 0.3) is 0 Å². The van der Waals surface area contributed by atoms with Gasteiger partial charge < -0.3 is 4.90 Å². The van der Waals surface area contributed by atoms with E-state index in [-0.39, 0.29) is 10.7 Å². The van der Waals surface area contributed by atoms with E-state index in [2.05, 4.69) is 25.9 Å². The third-order valence-corrected chi connectivity index (χ3v) is 3.92. The molecule has 0 N–H and O–H groups in total. The second kappa shape index (κ2) is 5.32. The van der Waals surface area contributed by atoms with Gasteiger partial charge in [0.1, 0.15) is 5.82 Å². The van der Waals surface area contributed by atoms with E-state index in [1.165, 1.54) is 0 Å². The van der Waals surface area contributed by atoms with Crippen LogP contribution in [0.4, 0.5) is 5.69 Å². The highest BCUT2D eigenvalue weighted by Gasteiger charge is 2.28. The molecule has 1 aromatic carbocycles. The van der Waals surface area contributed by atoms with Crippen LogP contribution < -0.4 is 4.90 Å². The summed E-state index contributed by atoms with van der Waals surface area (Å²) >= 11 is 3.51. The minimum Gasteiger partial charge on any atom is -0.311 e. The molecule has 0 radical (unpaired) electrons. The number of halogens is 1. The number of hydrogen-bond donors (Lipinski definition) is 0. The standard InChI is InChI=1S/C15H14BrN3O/c1-10-17-6-5-14(18-10)11-3-2-4-13(7-11)19-9-12(16)8-15(19)20/h2-7,12H,8-9H2,1H3. The van der Waals surface area contributed by atoms with Crippen molar-refractivity contribution in [1.82, 2.24) is 9.97 Å². The number of nitrogens with zero attached hydrogens (tertiary/aromatic N) is 3. The average molecular weight is 332 g/mol. The molecule has 1 aromatic heterocycles. The average Bonchev–Trinajstić information content (AvgIpc) is 2.78. The molecule has 0 bridgehead atoms. The molecule has 1 fully saturated rings. The van der Waals surface area contributed by atoms with Crippen molar-refractivity contribution >= 4 is 27.5 Å². The van der Waals surface area contributed by atoms with Gasteiger partial charge in [0.05, 0.1) is 5.69 Å². The van der Waals surface area contributed by atoms with Crippen LogP contribution in [0.3, 0.4) is 0 Å². The molecule has 0 aliphatic carbocycles. The Hall–Kier alpha value is -1.75. The second-order valence-electron chi connectivity index (χ2n) is 4.85. The minimum absolute atomic E-state index is 0.155. The van der Waals surface area contributed by atoms with Gasteiger partial charge in [-0.15, -0.1) is 0 Å². The van der Waals surface area contributed by atoms with Crippen LogP contribution >= 0.6 is 15.9 Å². The number of carbonyl (C=O) groups is 1. The van der Waals surface area contributed by atoms with Crippen molar-refractivity contribution in [2.45, 2.75) is 18.2 Å². The molecule has 1 saturated heterocycles. The maximum Gasteiger partial charge on any atom is 0.228 e. The maximum absolute atomic E-state index is 12.0. The summed E-state index contributed by atoms with van der Waals surface area (Å²) in [5.41, 5.74) is 2.80. The first-order chi connectivity index (χ1) is 9.63. The molecule has 1 atom stereocenters. The molecule has 20 heavy (non-hydrogen) atoms. The van der Waals surface area contributed by atoms with E-state index in [9.17, 15) is 4.79 Å². The lowest BCUT2D eigenvalue weighted by Crippen LogP contribution is -2.24. The number of aryl methyl sites for hydroxylation is 1. The molecule has 102 valence electrons. The molecule has 1 aliphatic heterocycles. The highest BCUT2D eigenvalue weighted by Crippen LogP contribution is 2.28. The van der Waals surface area contributed by atoms with Crippen LogP contribution in [0.5, 0.6) is 0 Å². The Bertz CT molecular complexity index is 659. The Morgan fingerprint density at radius 3 is 2.90 bits per heavy atom. The summed E-state index contributed by atoms with van der Waals surface area (Å²) in [6.07, 6.45) is 2.30. The third kappa shape index (κ3) is 2.58. The molecule has 0 saturated carbocycles. The zero-order chi connectivity index (χ0) is 14.1. The molecule has 1 unspecified atom stereocenters. The van der Waals surface area contributed by atoms with Gasteiger partial charge in [0.2, 0.25) is 5.91 Å². The molecule has 2 aromatic rings. The number of rotatable bonds is 2. The molecule has 3 rings (SSSR count). The summed E-state index contributed by atoms with van der Waals surface area (Å²) in [7, 11) is 0. The van der Waals surface area contributed by atoms with Crippen LogP contribution in [0.1, 0.15) is 12.2 Å². The zero-order valence-electron chi connectivity index (χ0n) is 11.1. The normalized spacial score (nSPS) is 18.6. The fourth-order valence-electron chi connectivity index (χ4n) is 2.36. The van der Waals surface area contributed by atoms with Gasteiger partial charge in [-0.1, -0.05) is 28.1 Å². The van der Waals surface area contributed by atoms with Gasteiger partial charge in [0, 0.05) is 35.2 Å². The first-order valence-electron chi connectivity index (χ1n) is 6.48. The molecule has 0 spiro atoms. The first-order valence-corrected chi connectivity index (χ1v) is 7.39. The lowest BCUT2D eigenvalue weighted by Gasteiger charge is -2.16.